The molecule has 2 aromatic rings. The maximum absolute atomic E-state index is 12.8. The summed E-state index contributed by atoms with van der Waals surface area (Å²) >= 11 is 6.19. The van der Waals surface area contributed by atoms with Crippen LogP contribution in [0.15, 0.2) is 65.3 Å². The van der Waals surface area contributed by atoms with Crippen LogP contribution in [0.2, 0.25) is 5.02 Å². The van der Waals surface area contributed by atoms with Crippen LogP contribution in [-0.4, -0.2) is 12.9 Å². The molecule has 6 nitrogen and oxygen atoms in total. The zero-order chi connectivity index (χ0) is 22.0. The minimum atomic E-state index is -0.577. The van der Waals surface area contributed by atoms with Crippen LogP contribution >= 0.6 is 11.6 Å². The first-order chi connectivity index (χ1) is 15.0. The highest BCUT2D eigenvalue weighted by molar-refractivity contribution is 6.32. The van der Waals surface area contributed by atoms with E-state index in [2.05, 4.69) is 6.07 Å². The number of ether oxygens (including phenoxy) is 3. The van der Waals surface area contributed by atoms with Crippen molar-refractivity contribution in [1.29, 1.82) is 5.26 Å². The third-order valence-electron chi connectivity index (χ3n) is 5.46. The van der Waals surface area contributed by atoms with Crippen LogP contribution in [0, 0.1) is 11.3 Å². The molecule has 7 heteroatoms. The second-order valence-electron chi connectivity index (χ2n) is 7.33. The van der Waals surface area contributed by atoms with Crippen molar-refractivity contribution in [3.8, 4) is 17.6 Å². The fourth-order valence-corrected chi connectivity index (χ4v) is 4.19. The Hall–Kier alpha value is -3.43. The quantitative estimate of drug-likeness (QED) is 0.727. The van der Waals surface area contributed by atoms with Gasteiger partial charge >= 0.3 is 0 Å². The number of hydrogen-bond donors (Lipinski definition) is 1. The number of carbonyl (C=O) groups excluding carboxylic acids is 1. The molecular weight excluding hydrogens is 416 g/mol. The number of carbonyl (C=O) groups is 1. The molecule has 31 heavy (non-hydrogen) atoms. The van der Waals surface area contributed by atoms with Gasteiger partial charge in [0.05, 0.1) is 18.1 Å². The number of nitriles is 1. The molecule has 0 saturated heterocycles. The topological polar surface area (TPSA) is 94.6 Å². The maximum Gasteiger partial charge on any atom is 0.205 e. The average Bonchev–Trinajstić information content (AvgIpc) is 2.77. The summed E-state index contributed by atoms with van der Waals surface area (Å²) in [5.74, 6) is 1.19. The summed E-state index contributed by atoms with van der Waals surface area (Å²) in [5, 5.41) is 10.3. The molecule has 158 valence electrons. The van der Waals surface area contributed by atoms with Crippen molar-refractivity contribution in [3.63, 3.8) is 0 Å². The lowest BCUT2D eigenvalue weighted by molar-refractivity contribution is -0.116. The van der Waals surface area contributed by atoms with Gasteiger partial charge in [-0.3, -0.25) is 4.79 Å². The van der Waals surface area contributed by atoms with Gasteiger partial charge in [0.15, 0.2) is 5.78 Å². The number of nitrogens with two attached hydrogens (primary N) is 1. The Labute approximate surface area is 185 Å². The van der Waals surface area contributed by atoms with E-state index in [-0.39, 0.29) is 23.8 Å². The number of Topliss-reactive ketones (excluding diaryl/α,β-unsaturated/α-hetero) is 1. The Kier molecular flexibility index (Phi) is 5.88. The number of nitrogens with zero attached hydrogens (tertiary/aromatic N) is 1. The van der Waals surface area contributed by atoms with Crippen LogP contribution in [0.25, 0.3) is 0 Å². The Balaban J connectivity index is 1.74. The van der Waals surface area contributed by atoms with E-state index >= 15 is 0 Å². The van der Waals surface area contributed by atoms with Crippen LogP contribution in [0.3, 0.4) is 0 Å². The molecule has 0 bridgehead atoms. The largest absolute Gasteiger partial charge is 0.496 e. The second-order valence-corrected chi connectivity index (χ2v) is 7.74. The van der Waals surface area contributed by atoms with Gasteiger partial charge in [0, 0.05) is 24.0 Å². The second kappa shape index (κ2) is 8.75. The molecule has 1 aliphatic heterocycles. The molecule has 2 aliphatic rings. The van der Waals surface area contributed by atoms with E-state index in [0.717, 1.165) is 11.1 Å². The summed E-state index contributed by atoms with van der Waals surface area (Å²) in [7, 11) is 1.58. The van der Waals surface area contributed by atoms with E-state index in [0.29, 0.717) is 47.1 Å². The lowest BCUT2D eigenvalue weighted by atomic mass is 9.77. The Morgan fingerprint density at radius 1 is 1.23 bits per heavy atom. The Morgan fingerprint density at radius 3 is 2.77 bits per heavy atom. The van der Waals surface area contributed by atoms with Gasteiger partial charge in [-0.2, -0.15) is 5.26 Å². The fraction of sp³-hybridized carbons (Fsp3) is 0.250. The standard InChI is InChI=1S/C24H21ClN2O4/c1-29-19-10-9-14(11-15(19)13-30-20-7-3-2-5-17(20)25)22-16(12-26)24(27)31-21-8-4-6-18(28)23(21)22/h2-3,5,7,9-11,22H,4,6,8,13,27H2,1H3/t22-/m1/s1. The number of methoxy groups -OCH3 is 1. The van der Waals surface area contributed by atoms with Gasteiger partial charge in [-0.05, 0) is 36.2 Å². The maximum atomic E-state index is 12.8. The van der Waals surface area contributed by atoms with E-state index in [1.165, 1.54) is 0 Å². The zero-order valence-corrected chi connectivity index (χ0v) is 17.7. The molecule has 0 aromatic heterocycles. The predicted octanol–water partition coefficient (Wildman–Crippen LogP) is 4.74. The van der Waals surface area contributed by atoms with Crippen molar-refractivity contribution < 1.29 is 19.0 Å². The van der Waals surface area contributed by atoms with Gasteiger partial charge in [-0.1, -0.05) is 29.8 Å². The molecule has 0 fully saturated rings. The third kappa shape index (κ3) is 3.97. The van der Waals surface area contributed by atoms with Crippen molar-refractivity contribution in [2.45, 2.75) is 31.8 Å². The van der Waals surface area contributed by atoms with Crippen molar-refractivity contribution in [3.05, 3.63) is 81.4 Å². The number of ketones is 1. The van der Waals surface area contributed by atoms with Gasteiger partial charge in [0.25, 0.3) is 0 Å². The van der Waals surface area contributed by atoms with E-state index in [1.54, 1.807) is 25.3 Å². The highest BCUT2D eigenvalue weighted by atomic mass is 35.5. The van der Waals surface area contributed by atoms with Crippen molar-refractivity contribution in [2.75, 3.05) is 7.11 Å². The van der Waals surface area contributed by atoms with E-state index in [4.69, 9.17) is 31.5 Å². The Bertz CT molecular complexity index is 1150. The summed E-state index contributed by atoms with van der Waals surface area (Å²) in [5.41, 5.74) is 8.30. The van der Waals surface area contributed by atoms with Gasteiger partial charge < -0.3 is 19.9 Å². The van der Waals surface area contributed by atoms with Crippen molar-refractivity contribution in [1.82, 2.24) is 0 Å². The number of para-hydroxylation sites is 1. The molecule has 1 aliphatic carbocycles. The fourth-order valence-electron chi connectivity index (χ4n) is 4.00. The molecule has 4 rings (SSSR count). The predicted molar refractivity (Wildman–Crippen MR) is 115 cm³/mol. The SMILES string of the molecule is COc1ccc([C@@H]2C(C#N)=C(N)OC3=C2C(=O)CCC3)cc1COc1ccccc1Cl. The highest BCUT2D eigenvalue weighted by Crippen LogP contribution is 2.44. The molecule has 0 radical (unpaired) electrons. The molecular formula is C24H21ClN2O4. The minimum Gasteiger partial charge on any atom is -0.496 e. The average molecular weight is 437 g/mol. The molecule has 2 N–H and O–H groups in total. The van der Waals surface area contributed by atoms with Crippen molar-refractivity contribution >= 4 is 17.4 Å². The molecule has 0 spiro atoms. The number of halogens is 1. The summed E-state index contributed by atoms with van der Waals surface area (Å²) in [4.78, 5) is 12.8. The monoisotopic (exact) mass is 436 g/mol. The summed E-state index contributed by atoms with van der Waals surface area (Å²) < 4.78 is 17.0. The van der Waals surface area contributed by atoms with Crippen LogP contribution in [0.1, 0.15) is 36.3 Å². The van der Waals surface area contributed by atoms with Gasteiger partial charge in [-0.15, -0.1) is 0 Å². The van der Waals surface area contributed by atoms with Gasteiger partial charge in [0.1, 0.15) is 35.5 Å². The van der Waals surface area contributed by atoms with Crippen LogP contribution < -0.4 is 15.2 Å². The zero-order valence-electron chi connectivity index (χ0n) is 17.0. The smallest absolute Gasteiger partial charge is 0.205 e. The summed E-state index contributed by atoms with van der Waals surface area (Å²) in [6.07, 6.45) is 1.75. The van der Waals surface area contributed by atoms with Crippen LogP contribution in [0.4, 0.5) is 0 Å². The Morgan fingerprint density at radius 2 is 2.03 bits per heavy atom. The lowest BCUT2D eigenvalue weighted by Gasteiger charge is -2.31. The summed E-state index contributed by atoms with van der Waals surface area (Å²) in [6, 6.07) is 14.9. The molecule has 0 unspecified atom stereocenters. The van der Waals surface area contributed by atoms with Gasteiger partial charge in [0.2, 0.25) is 5.88 Å². The first-order valence-electron chi connectivity index (χ1n) is 9.91. The summed E-state index contributed by atoms with van der Waals surface area (Å²) in [6.45, 7) is 0.199. The molecule has 0 saturated carbocycles. The van der Waals surface area contributed by atoms with Crippen LogP contribution in [-0.2, 0) is 16.1 Å². The van der Waals surface area contributed by atoms with Crippen molar-refractivity contribution in [2.24, 2.45) is 5.73 Å². The van der Waals surface area contributed by atoms with E-state index in [9.17, 15) is 10.1 Å². The number of hydrogen-bond acceptors (Lipinski definition) is 6. The number of allylic oxidation sites excluding steroid dienone is 3. The van der Waals surface area contributed by atoms with Gasteiger partial charge in [-0.25, -0.2) is 0 Å². The van der Waals surface area contributed by atoms with Crippen LogP contribution in [0.5, 0.6) is 11.5 Å². The lowest BCUT2D eigenvalue weighted by Crippen LogP contribution is -2.27. The number of rotatable bonds is 5. The molecule has 0 amide bonds. The number of benzene rings is 2. The van der Waals surface area contributed by atoms with E-state index < -0.39 is 5.92 Å². The first-order valence-corrected chi connectivity index (χ1v) is 10.3. The third-order valence-corrected chi connectivity index (χ3v) is 5.77. The molecule has 2 aromatic carbocycles. The van der Waals surface area contributed by atoms with E-state index in [1.807, 2.05) is 24.3 Å². The first kappa shape index (κ1) is 20.8. The minimum absolute atomic E-state index is 0.0174. The molecule has 1 atom stereocenters. The molecule has 1 heterocycles. The normalized spacial score (nSPS) is 18.2. The highest BCUT2D eigenvalue weighted by Gasteiger charge is 2.38.